The van der Waals surface area contributed by atoms with Crippen LogP contribution >= 0.6 is 0 Å². The van der Waals surface area contributed by atoms with Crippen molar-refractivity contribution in [3.05, 3.63) is 12.2 Å². The Morgan fingerprint density at radius 2 is 1.52 bits per heavy atom. The number of rotatable bonds is 8. The molecule has 0 spiro atoms. The molecule has 126 valence electrons. The van der Waals surface area contributed by atoms with E-state index in [1.165, 1.54) is 0 Å². The maximum atomic E-state index is 11.1. The quantitative estimate of drug-likeness (QED) is 0.215. The SMILES string of the molecule is C=C(C)C(=O)OCCC[Si](OC)(OC)OC.O=S(=O)(O)O. The molecule has 0 atom stereocenters. The molecule has 0 radical (unpaired) electrons. The van der Waals surface area contributed by atoms with Gasteiger partial charge in [-0.3, -0.25) is 9.11 Å². The Hall–Kier alpha value is -0.823. The van der Waals surface area contributed by atoms with Crippen molar-refractivity contribution in [2.24, 2.45) is 0 Å². The number of hydrogen-bond acceptors (Lipinski definition) is 7. The molecular weight excluding hydrogens is 324 g/mol. The molecule has 0 fully saturated rings. The molecule has 0 aliphatic heterocycles. The third-order valence-corrected chi connectivity index (χ3v) is 4.97. The van der Waals surface area contributed by atoms with E-state index in [1.807, 2.05) is 0 Å². The molecule has 9 nitrogen and oxygen atoms in total. The Morgan fingerprint density at radius 3 is 1.81 bits per heavy atom. The molecule has 0 rings (SSSR count). The lowest BCUT2D eigenvalue weighted by atomic mass is 10.4. The molecular formula is C10H22O9SSi. The second kappa shape index (κ2) is 10.8. The molecule has 11 heteroatoms. The predicted molar refractivity (Wildman–Crippen MR) is 76.2 cm³/mol. The zero-order valence-corrected chi connectivity index (χ0v) is 14.3. The summed E-state index contributed by atoms with van der Waals surface area (Å²) in [6.45, 7) is 5.42. The van der Waals surface area contributed by atoms with Crippen molar-refractivity contribution in [1.82, 2.24) is 0 Å². The summed E-state index contributed by atoms with van der Waals surface area (Å²) in [7, 11) is -2.53. The predicted octanol–water partition coefficient (Wildman–Crippen LogP) is 0.721. The highest BCUT2D eigenvalue weighted by Crippen LogP contribution is 2.14. The first kappa shape index (κ1) is 22.5. The molecule has 0 amide bonds. The Morgan fingerprint density at radius 1 is 1.14 bits per heavy atom. The fourth-order valence-electron chi connectivity index (χ4n) is 1.13. The summed E-state index contributed by atoms with van der Waals surface area (Å²) in [5, 5.41) is 0. The molecule has 0 heterocycles. The minimum atomic E-state index is -4.67. The Labute approximate surface area is 125 Å². The first-order chi connectivity index (χ1) is 9.51. The Kier molecular flexibility index (Phi) is 11.6. The van der Waals surface area contributed by atoms with Gasteiger partial charge in [-0.2, -0.15) is 8.42 Å². The highest BCUT2D eigenvalue weighted by Gasteiger charge is 2.36. The van der Waals surface area contributed by atoms with Gasteiger partial charge in [0.05, 0.1) is 6.61 Å². The van der Waals surface area contributed by atoms with Gasteiger partial charge in [-0.15, -0.1) is 0 Å². The minimum absolute atomic E-state index is 0.316. The second-order valence-corrected chi connectivity index (χ2v) is 7.75. The van der Waals surface area contributed by atoms with Crippen LogP contribution in [0.5, 0.6) is 0 Å². The number of ether oxygens (including phenoxy) is 1. The lowest BCUT2D eigenvalue weighted by Gasteiger charge is -2.24. The van der Waals surface area contributed by atoms with Gasteiger partial charge in [-0.25, -0.2) is 4.79 Å². The Bertz CT molecular complexity index is 400. The van der Waals surface area contributed by atoms with Gasteiger partial charge in [-0.1, -0.05) is 6.58 Å². The molecule has 0 unspecified atom stereocenters. The third-order valence-electron chi connectivity index (χ3n) is 2.14. The standard InChI is InChI=1S/C10H20O5Si.H2O4S/c1-9(2)10(11)15-7-6-8-16(12-3,13-4)14-5;1-5(2,3)4/h1,6-8H2,2-5H3;(H2,1,2,3,4). The van der Waals surface area contributed by atoms with Crippen LogP contribution in [0.15, 0.2) is 12.2 Å². The maximum absolute atomic E-state index is 11.1. The number of carbonyl (C=O) groups is 1. The average Bonchev–Trinajstić information content (AvgIpc) is 2.37. The highest BCUT2D eigenvalue weighted by molar-refractivity contribution is 7.79. The number of hydrogen-bond donors (Lipinski definition) is 2. The molecule has 0 bridgehead atoms. The van der Waals surface area contributed by atoms with Crippen LogP contribution < -0.4 is 0 Å². The summed E-state index contributed by atoms with van der Waals surface area (Å²) in [4.78, 5) is 11.1. The van der Waals surface area contributed by atoms with Gasteiger partial charge in [0, 0.05) is 32.9 Å². The van der Waals surface area contributed by atoms with Gasteiger partial charge in [0.2, 0.25) is 0 Å². The molecule has 0 aromatic rings. The van der Waals surface area contributed by atoms with Crippen LogP contribution in [0.4, 0.5) is 0 Å². The van der Waals surface area contributed by atoms with Crippen molar-refractivity contribution in [2.75, 3.05) is 27.9 Å². The van der Waals surface area contributed by atoms with Gasteiger partial charge >= 0.3 is 25.2 Å². The Balaban J connectivity index is 0. The fourth-order valence-corrected chi connectivity index (χ4v) is 2.82. The van der Waals surface area contributed by atoms with Crippen molar-refractivity contribution in [1.29, 1.82) is 0 Å². The maximum Gasteiger partial charge on any atom is 0.500 e. The van der Waals surface area contributed by atoms with E-state index in [0.29, 0.717) is 24.6 Å². The van der Waals surface area contributed by atoms with Crippen LogP contribution in [-0.4, -0.2) is 60.2 Å². The van der Waals surface area contributed by atoms with E-state index in [1.54, 1.807) is 28.3 Å². The molecule has 0 saturated heterocycles. The lowest BCUT2D eigenvalue weighted by molar-refractivity contribution is -0.139. The number of esters is 1. The second-order valence-electron chi connectivity index (χ2n) is 3.76. The van der Waals surface area contributed by atoms with Crippen molar-refractivity contribution < 1.29 is 40.3 Å². The first-order valence-electron chi connectivity index (χ1n) is 5.69. The molecule has 21 heavy (non-hydrogen) atoms. The van der Waals surface area contributed by atoms with E-state index in [-0.39, 0.29) is 5.97 Å². The van der Waals surface area contributed by atoms with Crippen LogP contribution in [0.1, 0.15) is 13.3 Å². The topological polar surface area (TPSA) is 129 Å². The molecule has 0 aromatic heterocycles. The average molecular weight is 346 g/mol. The van der Waals surface area contributed by atoms with Crippen LogP contribution in [0.2, 0.25) is 6.04 Å². The van der Waals surface area contributed by atoms with E-state index in [9.17, 15) is 4.79 Å². The molecule has 0 aliphatic carbocycles. The summed E-state index contributed by atoms with van der Waals surface area (Å²) in [5.41, 5.74) is 0.397. The van der Waals surface area contributed by atoms with Crippen molar-refractivity contribution >= 4 is 25.2 Å². The van der Waals surface area contributed by atoms with Gasteiger partial charge < -0.3 is 18.0 Å². The summed E-state index contributed by atoms with van der Waals surface area (Å²) in [6.07, 6.45) is 0.640. The van der Waals surface area contributed by atoms with Crippen molar-refractivity contribution in [3.63, 3.8) is 0 Å². The molecule has 0 aliphatic rings. The van der Waals surface area contributed by atoms with E-state index in [4.69, 9.17) is 35.5 Å². The number of carbonyl (C=O) groups excluding carboxylic acids is 1. The first-order valence-corrected chi connectivity index (χ1v) is 9.02. The minimum Gasteiger partial charge on any atom is -0.462 e. The van der Waals surface area contributed by atoms with Gasteiger partial charge in [-0.05, 0) is 13.3 Å². The van der Waals surface area contributed by atoms with Crippen molar-refractivity contribution in [3.8, 4) is 0 Å². The van der Waals surface area contributed by atoms with E-state index < -0.39 is 19.2 Å². The van der Waals surface area contributed by atoms with Crippen molar-refractivity contribution in [2.45, 2.75) is 19.4 Å². The summed E-state index contributed by atoms with van der Waals surface area (Å²) in [5.74, 6) is -0.375. The lowest BCUT2D eigenvalue weighted by Crippen LogP contribution is -2.42. The van der Waals surface area contributed by atoms with Gasteiger partial charge in [0.15, 0.2) is 0 Å². The smallest absolute Gasteiger partial charge is 0.462 e. The van der Waals surface area contributed by atoms with Gasteiger partial charge in [0.1, 0.15) is 0 Å². The normalized spacial score (nSPS) is 11.3. The molecule has 0 aromatic carbocycles. The van der Waals surface area contributed by atoms with Crippen LogP contribution in [-0.2, 0) is 33.2 Å². The van der Waals surface area contributed by atoms with E-state index >= 15 is 0 Å². The zero-order chi connectivity index (χ0) is 17.1. The van der Waals surface area contributed by atoms with Crippen LogP contribution in [0.25, 0.3) is 0 Å². The molecule has 0 saturated carbocycles. The van der Waals surface area contributed by atoms with Gasteiger partial charge in [0.25, 0.3) is 0 Å². The van der Waals surface area contributed by atoms with E-state index in [0.717, 1.165) is 0 Å². The highest BCUT2D eigenvalue weighted by atomic mass is 32.3. The van der Waals surface area contributed by atoms with Crippen LogP contribution in [0.3, 0.4) is 0 Å². The largest absolute Gasteiger partial charge is 0.500 e. The fraction of sp³-hybridized carbons (Fsp3) is 0.700. The molecule has 2 N–H and O–H groups in total. The summed E-state index contributed by atoms with van der Waals surface area (Å²) < 4.78 is 52.2. The van der Waals surface area contributed by atoms with Crippen LogP contribution in [0, 0.1) is 0 Å². The summed E-state index contributed by atoms with van der Waals surface area (Å²) >= 11 is 0. The zero-order valence-electron chi connectivity index (χ0n) is 12.5. The monoisotopic (exact) mass is 346 g/mol. The third kappa shape index (κ3) is 13.9. The summed E-state index contributed by atoms with van der Waals surface area (Å²) in [6, 6.07) is 0.611. The van der Waals surface area contributed by atoms with E-state index in [2.05, 4.69) is 6.58 Å².